The predicted molar refractivity (Wildman–Crippen MR) is 84.5 cm³/mol. The average molecular weight is 280 g/mol. The summed E-state index contributed by atoms with van der Waals surface area (Å²) in [6.07, 6.45) is 1.50. The van der Waals surface area contributed by atoms with Crippen molar-refractivity contribution in [3.05, 3.63) is 59.7 Å². The molecule has 0 saturated heterocycles. The minimum Gasteiger partial charge on any atom is -0.481 e. The van der Waals surface area contributed by atoms with Crippen LogP contribution in [0.3, 0.4) is 0 Å². The Morgan fingerprint density at radius 3 is 2.29 bits per heavy atom. The molecule has 2 aromatic rings. The first-order valence-electron chi connectivity index (χ1n) is 7.48. The van der Waals surface area contributed by atoms with Crippen molar-refractivity contribution in [1.82, 2.24) is 0 Å². The van der Waals surface area contributed by atoms with Crippen LogP contribution in [0.25, 0.3) is 11.1 Å². The molecule has 0 amide bonds. The summed E-state index contributed by atoms with van der Waals surface area (Å²) in [7, 11) is 0. The predicted octanol–water partition coefficient (Wildman–Crippen LogP) is 4.59. The Hall–Kier alpha value is -2.09. The highest BCUT2D eigenvalue weighted by molar-refractivity contribution is 5.86. The summed E-state index contributed by atoms with van der Waals surface area (Å²) in [4.78, 5) is 11.6. The van der Waals surface area contributed by atoms with Crippen molar-refractivity contribution < 1.29 is 9.90 Å². The maximum Gasteiger partial charge on any atom is 0.314 e. The SMILES string of the molecule is CC(C)c1ccc(C2(C(=O)O)CC2)cc1-c1ccccc1. The molecular weight excluding hydrogens is 260 g/mol. The fourth-order valence-electron chi connectivity index (χ4n) is 2.98. The van der Waals surface area contributed by atoms with E-state index in [0.717, 1.165) is 29.5 Å². The van der Waals surface area contributed by atoms with Crippen molar-refractivity contribution in [2.24, 2.45) is 0 Å². The van der Waals surface area contributed by atoms with Gasteiger partial charge in [-0.15, -0.1) is 0 Å². The molecule has 1 aliphatic carbocycles. The summed E-state index contributed by atoms with van der Waals surface area (Å²) in [6.45, 7) is 4.34. The second-order valence-corrected chi connectivity index (χ2v) is 6.21. The molecule has 2 aromatic carbocycles. The van der Waals surface area contributed by atoms with Crippen LogP contribution in [0.2, 0.25) is 0 Å². The van der Waals surface area contributed by atoms with Crippen LogP contribution in [0.1, 0.15) is 43.7 Å². The zero-order valence-corrected chi connectivity index (χ0v) is 12.5. The van der Waals surface area contributed by atoms with Crippen LogP contribution < -0.4 is 0 Å². The molecule has 1 N–H and O–H groups in total. The third-order valence-corrected chi connectivity index (χ3v) is 4.47. The highest BCUT2D eigenvalue weighted by atomic mass is 16.4. The van der Waals surface area contributed by atoms with Gasteiger partial charge in [-0.25, -0.2) is 0 Å². The van der Waals surface area contributed by atoms with Crippen LogP contribution in [-0.4, -0.2) is 11.1 Å². The molecule has 2 nitrogen and oxygen atoms in total. The van der Waals surface area contributed by atoms with E-state index in [-0.39, 0.29) is 0 Å². The van der Waals surface area contributed by atoms with Crippen LogP contribution in [-0.2, 0) is 10.2 Å². The maximum absolute atomic E-state index is 11.6. The van der Waals surface area contributed by atoms with Crippen molar-refractivity contribution in [3.63, 3.8) is 0 Å². The summed E-state index contributed by atoms with van der Waals surface area (Å²) in [5, 5.41) is 9.50. The van der Waals surface area contributed by atoms with Gasteiger partial charge in [0.05, 0.1) is 5.41 Å². The van der Waals surface area contributed by atoms with Crippen LogP contribution in [0.15, 0.2) is 48.5 Å². The van der Waals surface area contributed by atoms with Gasteiger partial charge in [0.2, 0.25) is 0 Å². The monoisotopic (exact) mass is 280 g/mol. The Morgan fingerprint density at radius 1 is 1.10 bits per heavy atom. The summed E-state index contributed by atoms with van der Waals surface area (Å²) in [6, 6.07) is 16.4. The molecule has 0 spiro atoms. The van der Waals surface area contributed by atoms with E-state index in [1.54, 1.807) is 0 Å². The molecular formula is C19H20O2. The molecule has 0 heterocycles. The van der Waals surface area contributed by atoms with Crippen molar-refractivity contribution in [2.45, 2.75) is 38.0 Å². The molecule has 0 radical (unpaired) electrons. The van der Waals surface area contributed by atoms with Gasteiger partial charge >= 0.3 is 5.97 Å². The minimum absolute atomic E-state index is 0.411. The zero-order valence-electron chi connectivity index (χ0n) is 12.5. The Bertz CT molecular complexity index is 667. The van der Waals surface area contributed by atoms with Gasteiger partial charge < -0.3 is 5.11 Å². The first-order chi connectivity index (χ1) is 10.0. The summed E-state index contributed by atoms with van der Waals surface area (Å²) in [5.41, 5.74) is 3.89. The number of carboxylic acids is 1. The molecule has 0 aromatic heterocycles. The average Bonchev–Trinajstić information content (AvgIpc) is 3.29. The van der Waals surface area contributed by atoms with Gasteiger partial charge in [-0.05, 0) is 47.1 Å². The minimum atomic E-state index is -0.696. The fraction of sp³-hybridized carbons (Fsp3) is 0.316. The number of hydrogen-bond donors (Lipinski definition) is 1. The molecule has 21 heavy (non-hydrogen) atoms. The molecule has 1 aliphatic rings. The largest absolute Gasteiger partial charge is 0.481 e. The Morgan fingerprint density at radius 2 is 1.76 bits per heavy atom. The van der Waals surface area contributed by atoms with Gasteiger partial charge in [0.1, 0.15) is 0 Å². The molecule has 0 aliphatic heterocycles. The molecule has 1 fully saturated rings. The highest BCUT2D eigenvalue weighted by Gasteiger charge is 2.51. The van der Waals surface area contributed by atoms with E-state index in [4.69, 9.17) is 0 Å². The molecule has 108 valence electrons. The summed E-state index contributed by atoms with van der Waals surface area (Å²) < 4.78 is 0. The van der Waals surface area contributed by atoms with E-state index in [1.807, 2.05) is 24.3 Å². The fourth-order valence-corrected chi connectivity index (χ4v) is 2.98. The Labute approximate surface area is 125 Å². The maximum atomic E-state index is 11.6. The van der Waals surface area contributed by atoms with E-state index in [0.29, 0.717) is 5.92 Å². The number of benzene rings is 2. The lowest BCUT2D eigenvalue weighted by Gasteiger charge is -2.18. The van der Waals surface area contributed by atoms with Crippen molar-refractivity contribution >= 4 is 5.97 Å². The van der Waals surface area contributed by atoms with E-state index >= 15 is 0 Å². The van der Waals surface area contributed by atoms with Crippen molar-refractivity contribution in [2.75, 3.05) is 0 Å². The molecule has 0 unspecified atom stereocenters. The topological polar surface area (TPSA) is 37.3 Å². The van der Waals surface area contributed by atoms with Gasteiger partial charge in [-0.1, -0.05) is 56.3 Å². The number of carbonyl (C=O) groups is 1. The smallest absolute Gasteiger partial charge is 0.314 e. The first-order valence-corrected chi connectivity index (χ1v) is 7.48. The Kier molecular flexibility index (Phi) is 3.32. The van der Waals surface area contributed by atoms with Crippen LogP contribution in [0.5, 0.6) is 0 Å². The van der Waals surface area contributed by atoms with E-state index in [9.17, 15) is 9.90 Å². The first kappa shape index (κ1) is 13.9. The number of carboxylic acid groups (broad SMARTS) is 1. The highest BCUT2D eigenvalue weighted by Crippen LogP contribution is 2.49. The lowest BCUT2D eigenvalue weighted by atomic mass is 9.86. The van der Waals surface area contributed by atoms with Gasteiger partial charge in [-0.3, -0.25) is 4.79 Å². The van der Waals surface area contributed by atoms with Gasteiger partial charge in [0.25, 0.3) is 0 Å². The van der Waals surface area contributed by atoms with E-state index in [2.05, 4.69) is 38.1 Å². The standard InChI is InChI=1S/C19H20O2/c1-13(2)16-9-8-15(19(10-11-19)18(20)21)12-17(16)14-6-4-3-5-7-14/h3-9,12-13H,10-11H2,1-2H3,(H,20,21). The molecule has 2 heteroatoms. The molecule has 0 atom stereocenters. The third kappa shape index (κ3) is 2.35. The quantitative estimate of drug-likeness (QED) is 0.889. The Balaban J connectivity index is 2.14. The van der Waals surface area contributed by atoms with E-state index < -0.39 is 11.4 Å². The van der Waals surface area contributed by atoms with E-state index in [1.165, 1.54) is 5.56 Å². The van der Waals surface area contributed by atoms with Gasteiger partial charge in [0, 0.05) is 0 Å². The number of hydrogen-bond acceptors (Lipinski definition) is 1. The van der Waals surface area contributed by atoms with Crippen LogP contribution in [0.4, 0.5) is 0 Å². The van der Waals surface area contributed by atoms with Crippen molar-refractivity contribution in [3.8, 4) is 11.1 Å². The number of rotatable bonds is 4. The van der Waals surface area contributed by atoms with Crippen LogP contribution in [0, 0.1) is 0 Å². The molecule has 1 saturated carbocycles. The molecule has 3 rings (SSSR count). The molecule has 0 bridgehead atoms. The second kappa shape index (κ2) is 5.03. The lowest BCUT2D eigenvalue weighted by Crippen LogP contribution is -2.19. The van der Waals surface area contributed by atoms with Gasteiger partial charge in [0.15, 0.2) is 0 Å². The lowest BCUT2D eigenvalue weighted by molar-refractivity contribution is -0.140. The summed E-state index contributed by atoms with van der Waals surface area (Å²) >= 11 is 0. The third-order valence-electron chi connectivity index (χ3n) is 4.47. The summed E-state index contributed by atoms with van der Waals surface area (Å²) in [5.74, 6) is -0.284. The van der Waals surface area contributed by atoms with Gasteiger partial charge in [-0.2, -0.15) is 0 Å². The normalized spacial score (nSPS) is 16.0. The van der Waals surface area contributed by atoms with Crippen molar-refractivity contribution in [1.29, 1.82) is 0 Å². The van der Waals surface area contributed by atoms with Crippen LogP contribution >= 0.6 is 0 Å². The zero-order chi connectivity index (χ0) is 15.0. The number of aliphatic carboxylic acids is 1. The second-order valence-electron chi connectivity index (χ2n) is 6.21.